The average Bonchev–Trinajstić information content (AvgIpc) is 3.29. The van der Waals surface area contributed by atoms with Crippen molar-refractivity contribution in [3.05, 3.63) is 47.5 Å². The van der Waals surface area contributed by atoms with Crippen molar-refractivity contribution in [2.75, 3.05) is 25.5 Å². The minimum atomic E-state index is -4.52. The number of aryl methyl sites for hydroxylation is 2. The number of alkyl halides is 3. The number of halogens is 3. The van der Waals surface area contributed by atoms with Gasteiger partial charge in [0.05, 0.1) is 11.8 Å². The number of rotatable bonds is 3. The molecule has 1 aliphatic heterocycles. The quantitative estimate of drug-likeness (QED) is 0.631. The van der Waals surface area contributed by atoms with E-state index in [1.54, 1.807) is 28.9 Å². The highest BCUT2D eigenvalue weighted by Gasteiger charge is 2.55. The van der Waals surface area contributed by atoms with E-state index in [4.69, 9.17) is 0 Å². The predicted molar refractivity (Wildman–Crippen MR) is 116 cm³/mol. The smallest absolute Gasteiger partial charge is 0.337 e. The van der Waals surface area contributed by atoms with Gasteiger partial charge in [-0.2, -0.15) is 18.3 Å². The highest BCUT2D eigenvalue weighted by atomic mass is 19.4. The van der Waals surface area contributed by atoms with Gasteiger partial charge < -0.3 is 14.4 Å². The molecule has 3 amide bonds. The number of hydrogen-bond acceptors (Lipinski definition) is 4. The first-order valence-corrected chi connectivity index (χ1v) is 10.8. The summed E-state index contributed by atoms with van der Waals surface area (Å²) in [5.41, 5.74) is 0.438. The van der Waals surface area contributed by atoms with Crippen molar-refractivity contribution in [3.63, 3.8) is 0 Å². The van der Waals surface area contributed by atoms with E-state index >= 15 is 0 Å². The van der Waals surface area contributed by atoms with Gasteiger partial charge in [0.25, 0.3) is 5.91 Å². The number of carbonyl (C=O) groups is 2. The molecule has 0 radical (unpaired) electrons. The first-order chi connectivity index (χ1) is 16.0. The number of hydrogen-bond donors (Lipinski definition) is 1. The Labute approximate surface area is 193 Å². The van der Waals surface area contributed by atoms with Crippen LogP contribution in [0.15, 0.2) is 30.9 Å². The number of imidazole rings is 1. The minimum Gasteiger partial charge on any atom is -0.337 e. The molecule has 34 heavy (non-hydrogen) atoms. The van der Waals surface area contributed by atoms with Crippen molar-refractivity contribution in [1.82, 2.24) is 29.0 Å². The first kappa shape index (κ1) is 22.2. The van der Waals surface area contributed by atoms with Crippen LogP contribution in [0, 0.1) is 12.3 Å². The number of aromatic nitrogens is 4. The SMILES string of the molecule is Cc1cnc(NC(=O)N(C)C2CC3(C2)CN(C(=O)c2cnn4ccn(C)c24)C3)cc1C(F)(F)F. The van der Waals surface area contributed by atoms with E-state index in [-0.39, 0.29) is 28.7 Å². The van der Waals surface area contributed by atoms with Crippen molar-refractivity contribution in [1.29, 1.82) is 0 Å². The number of urea groups is 1. The topological polar surface area (TPSA) is 87.8 Å². The average molecular weight is 475 g/mol. The predicted octanol–water partition coefficient (Wildman–Crippen LogP) is 3.16. The van der Waals surface area contributed by atoms with Crippen LogP contribution in [0.5, 0.6) is 0 Å². The van der Waals surface area contributed by atoms with Gasteiger partial charge in [-0.05, 0) is 31.4 Å². The van der Waals surface area contributed by atoms with Crippen molar-refractivity contribution in [3.8, 4) is 0 Å². The zero-order valence-electron chi connectivity index (χ0n) is 18.9. The number of pyridine rings is 1. The van der Waals surface area contributed by atoms with Gasteiger partial charge in [0.15, 0.2) is 0 Å². The van der Waals surface area contributed by atoms with Gasteiger partial charge in [-0.1, -0.05) is 0 Å². The van der Waals surface area contributed by atoms with E-state index in [9.17, 15) is 22.8 Å². The standard InChI is InChI=1S/C22H24F3N7O2/c1-13-9-26-17(6-16(13)22(23,24)25)28-20(34)30(3)14-7-21(8-14)11-31(12-21)19(33)15-10-27-32-5-4-29(2)18(15)32/h4-6,9-10,14H,7-8,11-12H2,1-3H3,(H,26,28,34). The van der Waals surface area contributed by atoms with Crippen molar-refractivity contribution >= 4 is 23.4 Å². The second kappa shape index (κ2) is 7.47. The highest BCUT2D eigenvalue weighted by molar-refractivity contribution is 6.00. The van der Waals surface area contributed by atoms with Crippen LogP contribution in [0.25, 0.3) is 5.65 Å². The van der Waals surface area contributed by atoms with E-state index in [1.165, 1.54) is 11.8 Å². The van der Waals surface area contributed by atoms with Crippen LogP contribution in [0.4, 0.5) is 23.8 Å². The Bertz CT molecular complexity index is 1280. The minimum absolute atomic E-state index is 0.00661. The molecule has 180 valence electrons. The number of amides is 3. The number of fused-ring (bicyclic) bond motifs is 1. The third-order valence-electron chi connectivity index (χ3n) is 6.95. The summed E-state index contributed by atoms with van der Waals surface area (Å²) in [6, 6.07) is 0.280. The molecule has 3 aromatic rings. The van der Waals surface area contributed by atoms with Gasteiger partial charge in [-0.3, -0.25) is 10.1 Å². The van der Waals surface area contributed by atoms with Crippen molar-refractivity contribution < 1.29 is 22.8 Å². The Balaban J connectivity index is 1.16. The Morgan fingerprint density at radius 2 is 1.91 bits per heavy atom. The second-order valence-electron chi connectivity index (χ2n) is 9.38. The maximum absolute atomic E-state index is 13.1. The van der Waals surface area contributed by atoms with Gasteiger partial charge in [0, 0.05) is 57.2 Å². The van der Waals surface area contributed by atoms with Crippen LogP contribution in [0.3, 0.4) is 0 Å². The molecular weight excluding hydrogens is 451 g/mol. The molecule has 1 saturated heterocycles. The maximum atomic E-state index is 13.1. The van der Waals surface area contributed by atoms with E-state index < -0.39 is 17.8 Å². The van der Waals surface area contributed by atoms with Crippen LogP contribution >= 0.6 is 0 Å². The molecule has 0 atom stereocenters. The molecule has 2 aliphatic rings. The van der Waals surface area contributed by atoms with Crippen molar-refractivity contribution in [2.45, 2.75) is 32.0 Å². The fraction of sp³-hybridized carbons (Fsp3) is 0.455. The number of nitrogens with zero attached hydrogens (tertiary/aromatic N) is 6. The van der Waals surface area contributed by atoms with E-state index in [1.807, 2.05) is 17.8 Å². The molecule has 9 nitrogen and oxygen atoms in total. The maximum Gasteiger partial charge on any atom is 0.416 e. The van der Waals surface area contributed by atoms with E-state index in [0.717, 1.165) is 30.8 Å². The van der Waals surface area contributed by atoms with Gasteiger partial charge in [0.2, 0.25) is 0 Å². The molecule has 3 aromatic heterocycles. The normalized spacial score (nSPS) is 17.5. The summed E-state index contributed by atoms with van der Waals surface area (Å²) in [4.78, 5) is 32.7. The number of carbonyl (C=O) groups excluding carboxylic acids is 2. The summed E-state index contributed by atoms with van der Waals surface area (Å²) in [6.45, 7) is 2.53. The fourth-order valence-corrected chi connectivity index (χ4v) is 5.01. The molecular formula is C22H24F3N7O2. The third-order valence-corrected chi connectivity index (χ3v) is 6.95. The third kappa shape index (κ3) is 3.57. The largest absolute Gasteiger partial charge is 0.416 e. The van der Waals surface area contributed by atoms with Gasteiger partial charge in [-0.15, -0.1) is 0 Å². The fourth-order valence-electron chi connectivity index (χ4n) is 5.01. The van der Waals surface area contributed by atoms with E-state index in [2.05, 4.69) is 15.4 Å². The van der Waals surface area contributed by atoms with Crippen LogP contribution in [-0.2, 0) is 13.2 Å². The molecule has 4 heterocycles. The lowest BCUT2D eigenvalue weighted by molar-refractivity contribution is -0.138. The molecule has 1 spiro atoms. The molecule has 0 aromatic carbocycles. The molecule has 1 saturated carbocycles. The molecule has 0 unspecified atom stereocenters. The zero-order valence-corrected chi connectivity index (χ0v) is 18.9. The summed E-state index contributed by atoms with van der Waals surface area (Å²) in [6.07, 6.45) is 3.23. The summed E-state index contributed by atoms with van der Waals surface area (Å²) in [5, 5.41) is 6.67. The Morgan fingerprint density at radius 1 is 1.21 bits per heavy atom. The highest BCUT2D eigenvalue weighted by Crippen LogP contribution is 2.50. The van der Waals surface area contributed by atoms with Gasteiger partial charge in [-0.25, -0.2) is 14.3 Å². The summed E-state index contributed by atoms with van der Waals surface area (Å²) < 4.78 is 42.9. The molecule has 5 rings (SSSR count). The van der Waals surface area contributed by atoms with E-state index in [0.29, 0.717) is 18.7 Å². The summed E-state index contributed by atoms with van der Waals surface area (Å²) >= 11 is 0. The Hall–Kier alpha value is -3.57. The number of nitrogens with one attached hydrogen (secondary N) is 1. The van der Waals surface area contributed by atoms with Gasteiger partial charge >= 0.3 is 12.2 Å². The second-order valence-corrected chi connectivity index (χ2v) is 9.38. The van der Waals surface area contributed by atoms with Crippen LogP contribution in [0.2, 0.25) is 0 Å². The lowest BCUT2D eigenvalue weighted by Gasteiger charge is -2.60. The lowest BCUT2D eigenvalue weighted by Crippen LogP contribution is -2.67. The molecule has 0 bridgehead atoms. The van der Waals surface area contributed by atoms with Crippen molar-refractivity contribution in [2.24, 2.45) is 12.5 Å². The summed E-state index contributed by atoms with van der Waals surface area (Å²) in [5.74, 6) is -0.208. The molecule has 1 N–H and O–H groups in total. The molecule has 2 fully saturated rings. The Kier molecular flexibility index (Phi) is 4.88. The zero-order chi connectivity index (χ0) is 24.4. The molecule has 1 aliphatic carbocycles. The van der Waals surface area contributed by atoms with Crippen LogP contribution in [-0.4, -0.2) is 67.1 Å². The Morgan fingerprint density at radius 3 is 2.59 bits per heavy atom. The van der Waals surface area contributed by atoms with Gasteiger partial charge in [0.1, 0.15) is 17.0 Å². The number of likely N-dealkylation sites (tertiary alicyclic amines) is 1. The number of anilines is 1. The lowest BCUT2D eigenvalue weighted by atomic mass is 9.60. The first-order valence-electron chi connectivity index (χ1n) is 10.8. The summed E-state index contributed by atoms with van der Waals surface area (Å²) in [7, 11) is 3.48. The molecule has 12 heteroatoms. The van der Waals surface area contributed by atoms with Crippen LogP contribution in [0.1, 0.15) is 34.3 Å². The monoisotopic (exact) mass is 475 g/mol. The van der Waals surface area contributed by atoms with Crippen LogP contribution < -0.4 is 5.32 Å².